The van der Waals surface area contributed by atoms with E-state index in [1.807, 2.05) is 13.8 Å². The molecular weight excluding hydrogens is 147 g/mol. The van der Waals surface area contributed by atoms with Gasteiger partial charge < -0.3 is 0 Å². The van der Waals surface area contributed by atoms with Crippen molar-refractivity contribution in [3.63, 3.8) is 0 Å². The van der Waals surface area contributed by atoms with Gasteiger partial charge in [0.15, 0.2) is 0 Å². The van der Waals surface area contributed by atoms with E-state index in [2.05, 4.69) is 0 Å². The zero-order chi connectivity index (χ0) is 8.36. The molecule has 0 aliphatic heterocycles. The minimum absolute atomic E-state index is 0.303. The average molecular weight is 158 g/mol. The predicted octanol–water partition coefficient (Wildman–Crippen LogP) is 0.415. The van der Waals surface area contributed by atoms with Crippen LogP contribution in [0.3, 0.4) is 0 Å². The van der Waals surface area contributed by atoms with Crippen molar-refractivity contribution in [1.82, 2.24) is 0 Å². The molecule has 0 aromatic rings. The third kappa shape index (κ3) is 4.34. The summed E-state index contributed by atoms with van der Waals surface area (Å²) in [5.41, 5.74) is 0. The van der Waals surface area contributed by atoms with Gasteiger partial charge in [0.2, 0.25) is 0 Å². The number of rotatable bonds is 3. The van der Waals surface area contributed by atoms with Gasteiger partial charge in [-0.3, -0.25) is 0 Å². The molecule has 0 amide bonds. The van der Waals surface area contributed by atoms with Crippen LogP contribution < -0.4 is 0 Å². The van der Waals surface area contributed by atoms with Gasteiger partial charge in [-0.1, -0.05) is 0 Å². The SMILES string of the molecule is [Li][CH](CC(C)C)S(=O)(=O)O. The Kier molecular flexibility index (Phi) is 3.96. The van der Waals surface area contributed by atoms with Gasteiger partial charge in [0.25, 0.3) is 0 Å². The summed E-state index contributed by atoms with van der Waals surface area (Å²) < 4.78 is 28.7. The molecule has 0 rings (SSSR count). The number of hydrogen-bond acceptors (Lipinski definition) is 2. The molecule has 1 atom stereocenters. The van der Waals surface area contributed by atoms with Crippen molar-refractivity contribution in [2.75, 3.05) is 0 Å². The molecule has 0 heterocycles. The zero-order valence-electron chi connectivity index (χ0n) is 6.53. The summed E-state index contributed by atoms with van der Waals surface area (Å²) in [5.74, 6) is 0.303. The fourth-order valence-electron chi connectivity index (χ4n) is 0.785. The molecule has 56 valence electrons. The van der Waals surface area contributed by atoms with Gasteiger partial charge in [-0.25, -0.2) is 0 Å². The normalized spacial score (nSPS) is 15.8. The fraction of sp³-hybridized carbons (Fsp3) is 1.00. The summed E-state index contributed by atoms with van der Waals surface area (Å²) in [6.45, 7) is 3.84. The predicted molar refractivity (Wildman–Crippen MR) is 40.5 cm³/mol. The molecule has 1 N–H and O–H groups in total. The number of hydrogen-bond donors (Lipinski definition) is 1. The molecule has 0 aliphatic rings. The van der Waals surface area contributed by atoms with Gasteiger partial charge in [0.1, 0.15) is 0 Å². The molecule has 5 heteroatoms. The van der Waals surface area contributed by atoms with Crippen LogP contribution in [0.15, 0.2) is 0 Å². The minimum atomic E-state index is -3.80. The Morgan fingerprint density at radius 1 is 1.50 bits per heavy atom. The second-order valence-corrected chi connectivity index (χ2v) is 4.79. The maximum absolute atomic E-state index is 10.4. The summed E-state index contributed by atoms with van der Waals surface area (Å²) in [6.07, 6.45) is 0.513. The summed E-state index contributed by atoms with van der Waals surface area (Å²) in [4.78, 5) is 0. The van der Waals surface area contributed by atoms with Crippen molar-refractivity contribution in [3.8, 4) is 0 Å². The summed E-state index contributed by atoms with van der Waals surface area (Å²) >= 11 is 1.51. The van der Waals surface area contributed by atoms with Gasteiger partial charge in [-0.2, -0.15) is 0 Å². The molecule has 0 fully saturated rings. The van der Waals surface area contributed by atoms with Crippen LogP contribution in [-0.4, -0.2) is 34.6 Å². The maximum atomic E-state index is 10.4. The molecule has 0 saturated heterocycles. The fourth-order valence-corrected chi connectivity index (χ4v) is 1.41. The Bertz CT molecular complexity index is 185. The second-order valence-electron chi connectivity index (χ2n) is 2.96. The molecule has 3 nitrogen and oxygen atoms in total. The molecule has 1 unspecified atom stereocenters. The van der Waals surface area contributed by atoms with Gasteiger partial charge in [0, 0.05) is 0 Å². The van der Waals surface area contributed by atoms with Crippen LogP contribution >= 0.6 is 0 Å². The average Bonchev–Trinajstić information content (AvgIpc) is 1.60. The Morgan fingerprint density at radius 3 is 2.00 bits per heavy atom. The van der Waals surface area contributed by atoms with Crippen LogP contribution in [0.1, 0.15) is 20.3 Å². The molecule has 0 radical (unpaired) electrons. The van der Waals surface area contributed by atoms with Crippen LogP contribution in [0.2, 0.25) is 0 Å². The van der Waals surface area contributed by atoms with Crippen LogP contribution in [0, 0.1) is 5.92 Å². The van der Waals surface area contributed by atoms with E-state index in [4.69, 9.17) is 4.55 Å². The molecular formula is C5H11LiO3S. The van der Waals surface area contributed by atoms with Gasteiger partial charge in [0.05, 0.1) is 0 Å². The van der Waals surface area contributed by atoms with Crippen LogP contribution in [-0.2, 0) is 10.1 Å². The van der Waals surface area contributed by atoms with Gasteiger partial charge in [-0.05, 0) is 0 Å². The first-order valence-electron chi connectivity index (χ1n) is 3.30. The first kappa shape index (κ1) is 10.5. The third-order valence-electron chi connectivity index (χ3n) is 1.31. The van der Waals surface area contributed by atoms with Crippen molar-refractivity contribution in [2.45, 2.75) is 24.2 Å². The van der Waals surface area contributed by atoms with Gasteiger partial charge >= 0.3 is 70.9 Å². The van der Waals surface area contributed by atoms with E-state index < -0.39 is 14.0 Å². The van der Waals surface area contributed by atoms with E-state index in [9.17, 15) is 8.42 Å². The van der Waals surface area contributed by atoms with Crippen molar-refractivity contribution in [1.29, 1.82) is 0 Å². The van der Waals surface area contributed by atoms with E-state index in [0.717, 1.165) is 0 Å². The van der Waals surface area contributed by atoms with Crippen molar-refractivity contribution in [3.05, 3.63) is 0 Å². The van der Waals surface area contributed by atoms with E-state index >= 15 is 0 Å². The van der Waals surface area contributed by atoms with Gasteiger partial charge in [-0.15, -0.1) is 0 Å². The monoisotopic (exact) mass is 158 g/mol. The standard InChI is InChI=1S/C5H11O3S.Li/c1-5(2)3-4-9(6,7)8;/h4-5H,3H2,1-2H3,(H,6,7,8);. The quantitative estimate of drug-likeness (QED) is 0.478. The van der Waals surface area contributed by atoms with Crippen molar-refractivity contribution in [2.24, 2.45) is 5.92 Å². The summed E-state index contributed by atoms with van der Waals surface area (Å²) in [5, 5.41) is 0. The Balaban J connectivity index is 3.99. The molecule has 0 aromatic carbocycles. The molecule has 0 aliphatic carbocycles. The molecule has 0 aromatic heterocycles. The topological polar surface area (TPSA) is 54.4 Å². The first-order chi connectivity index (χ1) is 4.34. The molecule has 10 heavy (non-hydrogen) atoms. The first-order valence-corrected chi connectivity index (χ1v) is 4.80. The van der Waals surface area contributed by atoms with Crippen molar-refractivity contribution < 1.29 is 13.0 Å². The zero-order valence-corrected chi connectivity index (χ0v) is 7.35. The van der Waals surface area contributed by atoms with Crippen LogP contribution in [0.4, 0.5) is 0 Å². The van der Waals surface area contributed by atoms with E-state index in [1.54, 1.807) is 0 Å². The third-order valence-corrected chi connectivity index (χ3v) is 2.52. The Hall–Kier alpha value is 0.507. The van der Waals surface area contributed by atoms with E-state index in [0.29, 0.717) is 12.3 Å². The molecule has 0 saturated carbocycles. The van der Waals surface area contributed by atoms with E-state index in [-0.39, 0.29) is 0 Å². The molecule has 0 spiro atoms. The second kappa shape index (κ2) is 3.77. The Morgan fingerprint density at radius 2 is 1.90 bits per heavy atom. The van der Waals surface area contributed by atoms with Crippen molar-refractivity contribution >= 4 is 27.8 Å². The van der Waals surface area contributed by atoms with Crippen LogP contribution in [0.25, 0.3) is 0 Å². The molecule has 0 bridgehead atoms. The summed E-state index contributed by atoms with van der Waals surface area (Å²) in [7, 11) is -3.80. The summed E-state index contributed by atoms with van der Waals surface area (Å²) in [6, 6.07) is 0. The van der Waals surface area contributed by atoms with Crippen LogP contribution in [0.5, 0.6) is 0 Å². The van der Waals surface area contributed by atoms with E-state index in [1.165, 1.54) is 17.7 Å². The Labute approximate surface area is 71.1 Å².